The zero-order chi connectivity index (χ0) is 13.0. The number of hydrogen-bond donors (Lipinski definition) is 0. The van der Waals surface area contributed by atoms with Gasteiger partial charge in [0.25, 0.3) is 5.91 Å². The van der Waals surface area contributed by atoms with Crippen molar-refractivity contribution in [2.24, 2.45) is 0 Å². The minimum atomic E-state index is 0.0228. The first kappa shape index (κ1) is 13.2. The molecule has 2 aromatic rings. The highest BCUT2D eigenvalue weighted by molar-refractivity contribution is 9.10. The third-order valence-corrected chi connectivity index (χ3v) is 3.96. The molecule has 0 aromatic carbocycles. The molecule has 94 valence electrons. The number of nitrogens with zero attached hydrogens (tertiary/aromatic N) is 2. The van der Waals surface area contributed by atoms with Crippen molar-refractivity contribution in [2.45, 2.75) is 6.42 Å². The molecular weight excluding hydrogens is 312 g/mol. The fourth-order valence-corrected chi connectivity index (χ4v) is 2.65. The first-order valence-corrected chi connectivity index (χ1v) is 7.23. The molecule has 0 atom stereocenters. The van der Waals surface area contributed by atoms with Crippen LogP contribution < -0.4 is 0 Å². The number of aromatic nitrogens is 1. The second-order valence-corrected chi connectivity index (χ2v) is 5.77. The standard InChI is InChI=1S/C13H13BrN2OS/c1-16(7-5-11-3-2-8-18-11)13(17)10-4-6-15-12(14)9-10/h2-4,6,8-9H,5,7H2,1H3. The zero-order valence-corrected chi connectivity index (χ0v) is 12.4. The molecule has 0 saturated carbocycles. The molecule has 0 aliphatic carbocycles. The van der Waals surface area contributed by atoms with E-state index in [0.29, 0.717) is 10.2 Å². The lowest BCUT2D eigenvalue weighted by Gasteiger charge is -2.16. The molecule has 0 aliphatic rings. The van der Waals surface area contributed by atoms with Crippen LogP contribution in [0.2, 0.25) is 0 Å². The third kappa shape index (κ3) is 3.40. The molecule has 0 radical (unpaired) electrons. The highest BCUT2D eigenvalue weighted by atomic mass is 79.9. The number of pyridine rings is 1. The SMILES string of the molecule is CN(CCc1cccs1)C(=O)c1ccnc(Br)c1. The maximum atomic E-state index is 12.1. The van der Waals surface area contributed by atoms with E-state index in [1.165, 1.54) is 4.88 Å². The van der Waals surface area contributed by atoms with Crippen molar-refractivity contribution < 1.29 is 4.79 Å². The van der Waals surface area contributed by atoms with Crippen LogP contribution in [0.15, 0.2) is 40.4 Å². The number of thiophene rings is 1. The van der Waals surface area contributed by atoms with Gasteiger partial charge in [0, 0.05) is 30.2 Å². The van der Waals surface area contributed by atoms with Gasteiger partial charge < -0.3 is 4.90 Å². The van der Waals surface area contributed by atoms with Crippen LogP contribution in [0, 0.1) is 0 Å². The van der Waals surface area contributed by atoms with Gasteiger partial charge in [-0.1, -0.05) is 6.07 Å². The molecule has 0 N–H and O–H groups in total. The Labute approximate surface area is 119 Å². The lowest BCUT2D eigenvalue weighted by molar-refractivity contribution is 0.0796. The average molecular weight is 325 g/mol. The normalized spacial score (nSPS) is 10.3. The number of hydrogen-bond acceptors (Lipinski definition) is 3. The molecule has 2 heterocycles. The summed E-state index contributed by atoms with van der Waals surface area (Å²) in [5, 5.41) is 2.05. The van der Waals surface area contributed by atoms with Crippen LogP contribution >= 0.6 is 27.3 Å². The van der Waals surface area contributed by atoms with Crippen LogP contribution in [-0.4, -0.2) is 29.4 Å². The highest BCUT2D eigenvalue weighted by Crippen LogP contribution is 2.12. The van der Waals surface area contributed by atoms with Gasteiger partial charge in [0.05, 0.1) is 0 Å². The van der Waals surface area contributed by atoms with E-state index in [1.807, 2.05) is 13.1 Å². The van der Waals surface area contributed by atoms with Crippen LogP contribution in [0.25, 0.3) is 0 Å². The smallest absolute Gasteiger partial charge is 0.253 e. The second-order valence-electron chi connectivity index (χ2n) is 3.92. The van der Waals surface area contributed by atoms with Gasteiger partial charge in [0.1, 0.15) is 4.60 Å². The van der Waals surface area contributed by atoms with E-state index in [0.717, 1.165) is 13.0 Å². The van der Waals surface area contributed by atoms with Crippen molar-refractivity contribution in [3.63, 3.8) is 0 Å². The van der Waals surface area contributed by atoms with Crippen molar-refractivity contribution in [3.05, 3.63) is 50.9 Å². The Balaban J connectivity index is 1.96. The molecule has 2 rings (SSSR count). The van der Waals surface area contributed by atoms with Crippen molar-refractivity contribution in [1.82, 2.24) is 9.88 Å². The lowest BCUT2D eigenvalue weighted by Crippen LogP contribution is -2.28. The Morgan fingerprint density at radius 1 is 1.50 bits per heavy atom. The predicted octanol–water partition coefficient (Wildman–Crippen LogP) is 3.22. The first-order chi connectivity index (χ1) is 8.66. The quantitative estimate of drug-likeness (QED) is 0.809. The molecule has 18 heavy (non-hydrogen) atoms. The molecule has 0 bridgehead atoms. The molecular formula is C13H13BrN2OS. The number of amides is 1. The number of halogens is 1. The van der Waals surface area contributed by atoms with Gasteiger partial charge in [-0.3, -0.25) is 4.79 Å². The largest absolute Gasteiger partial charge is 0.341 e. The zero-order valence-electron chi connectivity index (χ0n) is 9.97. The van der Waals surface area contributed by atoms with Crippen LogP contribution in [0.4, 0.5) is 0 Å². The van der Waals surface area contributed by atoms with Gasteiger partial charge in [-0.15, -0.1) is 11.3 Å². The Hall–Kier alpha value is -1.20. The summed E-state index contributed by atoms with van der Waals surface area (Å²) in [6.45, 7) is 0.722. The van der Waals surface area contributed by atoms with Gasteiger partial charge in [-0.2, -0.15) is 0 Å². The van der Waals surface area contributed by atoms with Gasteiger partial charge in [-0.05, 0) is 45.9 Å². The van der Waals surface area contributed by atoms with E-state index in [1.54, 1.807) is 34.6 Å². The fourth-order valence-electron chi connectivity index (χ4n) is 1.59. The number of rotatable bonds is 4. The topological polar surface area (TPSA) is 33.2 Å². The van der Waals surface area contributed by atoms with Crippen molar-refractivity contribution in [2.75, 3.05) is 13.6 Å². The fraction of sp³-hybridized carbons (Fsp3) is 0.231. The van der Waals surface area contributed by atoms with Crippen molar-refractivity contribution in [1.29, 1.82) is 0 Å². The number of carbonyl (C=O) groups excluding carboxylic acids is 1. The summed E-state index contributed by atoms with van der Waals surface area (Å²) in [5.41, 5.74) is 0.658. The summed E-state index contributed by atoms with van der Waals surface area (Å²) in [6, 6.07) is 7.59. The lowest BCUT2D eigenvalue weighted by atomic mass is 10.2. The highest BCUT2D eigenvalue weighted by Gasteiger charge is 2.12. The Morgan fingerprint density at radius 2 is 2.33 bits per heavy atom. The van der Waals surface area contributed by atoms with Crippen LogP contribution in [0.3, 0.4) is 0 Å². The molecule has 0 saturated heterocycles. The summed E-state index contributed by atoms with van der Waals surface area (Å²) < 4.78 is 0.681. The van der Waals surface area contributed by atoms with E-state index in [2.05, 4.69) is 32.4 Å². The van der Waals surface area contributed by atoms with E-state index in [4.69, 9.17) is 0 Å². The minimum absolute atomic E-state index is 0.0228. The molecule has 3 nitrogen and oxygen atoms in total. The molecule has 0 spiro atoms. The first-order valence-electron chi connectivity index (χ1n) is 5.56. The number of likely N-dealkylation sites (N-methyl/N-ethyl adjacent to an activating group) is 1. The van der Waals surface area contributed by atoms with Crippen molar-refractivity contribution >= 4 is 33.2 Å². The monoisotopic (exact) mass is 324 g/mol. The van der Waals surface area contributed by atoms with E-state index in [9.17, 15) is 4.79 Å². The van der Waals surface area contributed by atoms with E-state index in [-0.39, 0.29) is 5.91 Å². The second kappa shape index (κ2) is 6.11. The molecule has 5 heteroatoms. The minimum Gasteiger partial charge on any atom is -0.341 e. The molecule has 2 aromatic heterocycles. The Morgan fingerprint density at radius 3 is 3.00 bits per heavy atom. The van der Waals surface area contributed by atoms with Crippen molar-refractivity contribution in [3.8, 4) is 0 Å². The van der Waals surface area contributed by atoms with Gasteiger partial charge in [0.2, 0.25) is 0 Å². The molecule has 0 aliphatic heterocycles. The summed E-state index contributed by atoms with van der Waals surface area (Å²) in [4.78, 5) is 19.2. The van der Waals surface area contributed by atoms with Crippen LogP contribution in [-0.2, 0) is 6.42 Å². The summed E-state index contributed by atoms with van der Waals surface area (Å²) in [7, 11) is 1.82. The van der Waals surface area contributed by atoms with Gasteiger partial charge in [-0.25, -0.2) is 4.98 Å². The van der Waals surface area contributed by atoms with Crippen LogP contribution in [0.5, 0.6) is 0 Å². The van der Waals surface area contributed by atoms with Gasteiger partial charge >= 0.3 is 0 Å². The summed E-state index contributed by atoms with van der Waals surface area (Å²) in [6.07, 6.45) is 2.52. The molecule has 0 fully saturated rings. The molecule has 0 unspecified atom stereocenters. The Kier molecular flexibility index (Phi) is 4.49. The predicted molar refractivity (Wildman–Crippen MR) is 76.9 cm³/mol. The Bertz CT molecular complexity index is 528. The van der Waals surface area contributed by atoms with E-state index >= 15 is 0 Å². The third-order valence-electron chi connectivity index (χ3n) is 2.59. The average Bonchev–Trinajstić information content (AvgIpc) is 2.88. The molecule has 1 amide bonds. The summed E-state index contributed by atoms with van der Waals surface area (Å²) in [5.74, 6) is 0.0228. The maximum absolute atomic E-state index is 12.1. The maximum Gasteiger partial charge on any atom is 0.253 e. The van der Waals surface area contributed by atoms with Crippen LogP contribution in [0.1, 0.15) is 15.2 Å². The summed E-state index contributed by atoms with van der Waals surface area (Å²) >= 11 is 4.99. The van der Waals surface area contributed by atoms with Gasteiger partial charge in [0.15, 0.2) is 0 Å². The number of carbonyl (C=O) groups is 1. The van der Waals surface area contributed by atoms with E-state index < -0.39 is 0 Å².